The van der Waals surface area contributed by atoms with Gasteiger partial charge in [-0.05, 0) is 219 Å². The minimum atomic E-state index is 0.348. The van der Waals surface area contributed by atoms with Crippen molar-refractivity contribution in [3.05, 3.63) is 173 Å². The normalized spacial score (nSPS) is 24.3. The smallest absolute Gasteiger partial charge is 0.0591 e. The largest absolute Gasteiger partial charge is 0.341 e. The molecule has 6 aliphatic carbocycles. The average molecular weight is 811 g/mol. The van der Waals surface area contributed by atoms with Crippen LogP contribution in [0.5, 0.6) is 0 Å². The molecule has 2 heteroatoms. The van der Waals surface area contributed by atoms with Gasteiger partial charge in [0.15, 0.2) is 0 Å². The number of hydrogen-bond acceptors (Lipinski definition) is 1. The van der Waals surface area contributed by atoms with Gasteiger partial charge >= 0.3 is 0 Å². The number of aromatic nitrogens is 1. The van der Waals surface area contributed by atoms with Gasteiger partial charge in [0, 0.05) is 39.9 Å². The van der Waals surface area contributed by atoms with Crippen LogP contribution in [0, 0.1) is 0 Å². The van der Waals surface area contributed by atoms with Gasteiger partial charge in [-0.25, -0.2) is 0 Å². The molecular formula is C60H62N2. The number of allylic oxidation sites excluding steroid dienone is 11. The third-order valence-corrected chi connectivity index (χ3v) is 16.0. The van der Waals surface area contributed by atoms with Gasteiger partial charge in [-0.15, -0.1) is 0 Å². The van der Waals surface area contributed by atoms with Crippen molar-refractivity contribution in [3.63, 3.8) is 0 Å². The fourth-order valence-electron chi connectivity index (χ4n) is 12.8. The summed E-state index contributed by atoms with van der Waals surface area (Å²) >= 11 is 0. The van der Waals surface area contributed by atoms with Crippen LogP contribution >= 0.6 is 0 Å². The standard InChI is InChI=1S/C60H62N2/c1-4-15-41(16-5-1)44-27-31-51(32-28-44)61-58-26-13-11-24-54(58)56-39-47(30-34-59(56)61)45-21-14-22-46(35-45)48-29-33-55-53-23-10-12-25-57(53)62(60(55)40-48)52-37-49(42-17-6-2-7-18-42)36-50(38-52)43-19-8-3-9-20-43/h2-3,6,8,12,14-15,17,21-22,25,27,29-30,33-40,43,51,53,57H,1,4-5,7,9-11,13,16,18-20,23-24,26,28,31-32H2. The summed E-state index contributed by atoms with van der Waals surface area (Å²) in [5.41, 5.74) is 22.0. The quantitative estimate of drug-likeness (QED) is 0.149. The Balaban J connectivity index is 0.898. The van der Waals surface area contributed by atoms with Crippen LogP contribution in [0.3, 0.4) is 0 Å². The summed E-state index contributed by atoms with van der Waals surface area (Å²) in [6, 6.07) is 32.8. The van der Waals surface area contributed by atoms with Crippen LogP contribution in [0.4, 0.5) is 11.4 Å². The summed E-state index contributed by atoms with van der Waals surface area (Å²) < 4.78 is 2.81. The molecule has 2 nitrogen and oxygen atoms in total. The van der Waals surface area contributed by atoms with Crippen molar-refractivity contribution in [2.24, 2.45) is 0 Å². The van der Waals surface area contributed by atoms with Crippen LogP contribution in [0.1, 0.15) is 149 Å². The molecule has 0 saturated heterocycles. The molecule has 0 bridgehead atoms. The van der Waals surface area contributed by atoms with Gasteiger partial charge in [-0.3, -0.25) is 0 Å². The Morgan fingerprint density at radius 3 is 2.24 bits per heavy atom. The first-order valence-electron chi connectivity index (χ1n) is 24.6. The average Bonchev–Trinajstić information content (AvgIpc) is 3.87. The van der Waals surface area contributed by atoms with Gasteiger partial charge in [-0.2, -0.15) is 0 Å². The molecule has 0 N–H and O–H groups in total. The van der Waals surface area contributed by atoms with E-state index in [9.17, 15) is 0 Å². The number of benzene rings is 4. The lowest BCUT2D eigenvalue weighted by Gasteiger charge is -2.32. The van der Waals surface area contributed by atoms with E-state index in [1.54, 1.807) is 22.4 Å². The Bertz CT molecular complexity index is 2740. The summed E-state index contributed by atoms with van der Waals surface area (Å²) in [6.45, 7) is 0. The molecule has 4 aromatic carbocycles. The van der Waals surface area contributed by atoms with Crippen molar-refractivity contribution in [2.45, 2.75) is 139 Å². The highest BCUT2D eigenvalue weighted by molar-refractivity contribution is 5.91. The van der Waals surface area contributed by atoms with Crippen molar-refractivity contribution >= 4 is 27.9 Å². The number of fused-ring (bicyclic) bond motifs is 6. The SMILES string of the molecule is C1=CCCC(c2cc(C3CC=CCC3)cc(N3c4cc(-c5cccc(-c6ccc7c(c6)c6c(n7C7CC=C(C8=CCCCC8)CC7)CCCC6)c5)ccc4C4CCC=CC43)c2)=C1. The summed E-state index contributed by atoms with van der Waals surface area (Å²) in [6.07, 6.45) is 44.0. The maximum atomic E-state index is 2.81. The van der Waals surface area contributed by atoms with E-state index in [2.05, 4.69) is 143 Å². The Morgan fingerprint density at radius 2 is 1.40 bits per heavy atom. The van der Waals surface area contributed by atoms with Gasteiger partial charge in [0.1, 0.15) is 0 Å². The number of hydrogen-bond donors (Lipinski definition) is 0. The predicted octanol–water partition coefficient (Wildman–Crippen LogP) is 16.5. The number of aryl methyl sites for hydroxylation is 1. The number of rotatable bonds is 7. The minimum Gasteiger partial charge on any atom is -0.341 e. The Labute approximate surface area is 370 Å². The van der Waals surface area contributed by atoms with E-state index in [1.165, 1.54) is 157 Å². The van der Waals surface area contributed by atoms with E-state index in [1.807, 2.05) is 0 Å². The van der Waals surface area contributed by atoms with Gasteiger partial charge in [0.25, 0.3) is 0 Å². The van der Waals surface area contributed by atoms with Crippen LogP contribution in [-0.2, 0) is 12.8 Å². The molecule has 12 rings (SSSR count). The minimum absolute atomic E-state index is 0.348. The topological polar surface area (TPSA) is 8.17 Å². The predicted molar refractivity (Wildman–Crippen MR) is 263 cm³/mol. The lowest BCUT2D eigenvalue weighted by Crippen LogP contribution is -2.30. The molecule has 4 unspecified atom stereocenters. The lowest BCUT2D eigenvalue weighted by molar-refractivity contribution is 0.444. The lowest BCUT2D eigenvalue weighted by atomic mass is 9.84. The van der Waals surface area contributed by atoms with E-state index in [4.69, 9.17) is 0 Å². The third kappa shape index (κ3) is 6.93. The monoisotopic (exact) mass is 810 g/mol. The second-order valence-corrected chi connectivity index (χ2v) is 19.6. The summed E-state index contributed by atoms with van der Waals surface area (Å²) in [7, 11) is 0. The number of nitrogens with zero attached hydrogens (tertiary/aromatic N) is 2. The zero-order valence-corrected chi connectivity index (χ0v) is 36.6. The molecule has 5 aromatic rings. The Morgan fingerprint density at radius 1 is 0.548 bits per heavy atom. The highest BCUT2D eigenvalue weighted by Gasteiger charge is 2.39. The van der Waals surface area contributed by atoms with Crippen molar-refractivity contribution in [3.8, 4) is 22.3 Å². The highest BCUT2D eigenvalue weighted by atomic mass is 15.2. The van der Waals surface area contributed by atoms with E-state index in [0.29, 0.717) is 23.9 Å². The maximum absolute atomic E-state index is 2.81. The molecule has 0 saturated carbocycles. The second kappa shape index (κ2) is 16.4. The Hall–Kier alpha value is -5.34. The first-order valence-corrected chi connectivity index (χ1v) is 24.6. The van der Waals surface area contributed by atoms with Gasteiger partial charge in [-0.1, -0.05) is 97.1 Å². The van der Waals surface area contributed by atoms with E-state index in [0.717, 1.165) is 25.7 Å². The van der Waals surface area contributed by atoms with Crippen LogP contribution in [0.25, 0.3) is 38.7 Å². The molecule has 62 heavy (non-hydrogen) atoms. The fraction of sp³-hybridized carbons (Fsp3) is 0.367. The molecule has 0 spiro atoms. The van der Waals surface area contributed by atoms with Crippen molar-refractivity contribution in [1.29, 1.82) is 0 Å². The number of anilines is 2. The zero-order chi connectivity index (χ0) is 41.0. The molecule has 7 aliphatic rings. The fourth-order valence-corrected chi connectivity index (χ4v) is 12.8. The first-order chi connectivity index (χ1) is 30.7. The van der Waals surface area contributed by atoms with E-state index in [-0.39, 0.29) is 0 Å². The third-order valence-electron chi connectivity index (χ3n) is 16.0. The molecule has 312 valence electrons. The van der Waals surface area contributed by atoms with Gasteiger partial charge in [0.2, 0.25) is 0 Å². The second-order valence-electron chi connectivity index (χ2n) is 19.6. The molecular weight excluding hydrogens is 749 g/mol. The molecule has 4 atom stereocenters. The van der Waals surface area contributed by atoms with E-state index < -0.39 is 0 Å². The first kappa shape index (κ1) is 38.3. The van der Waals surface area contributed by atoms with E-state index >= 15 is 0 Å². The van der Waals surface area contributed by atoms with Crippen LogP contribution < -0.4 is 4.90 Å². The molecule has 1 aliphatic heterocycles. The molecule has 0 amide bonds. The van der Waals surface area contributed by atoms with Crippen LogP contribution in [-0.4, -0.2) is 10.6 Å². The van der Waals surface area contributed by atoms with Gasteiger partial charge in [0.05, 0.1) is 6.04 Å². The Kier molecular flexibility index (Phi) is 10.2. The van der Waals surface area contributed by atoms with Crippen molar-refractivity contribution in [2.75, 3.05) is 4.90 Å². The summed E-state index contributed by atoms with van der Waals surface area (Å²) in [5, 5.41) is 1.50. The van der Waals surface area contributed by atoms with Crippen molar-refractivity contribution < 1.29 is 0 Å². The molecule has 0 radical (unpaired) electrons. The maximum Gasteiger partial charge on any atom is 0.0591 e. The molecule has 0 fully saturated rings. The summed E-state index contributed by atoms with van der Waals surface area (Å²) in [5.74, 6) is 1.10. The highest BCUT2D eigenvalue weighted by Crippen LogP contribution is 2.52. The molecule has 1 aromatic heterocycles. The van der Waals surface area contributed by atoms with Gasteiger partial charge < -0.3 is 9.47 Å². The molecule has 2 heterocycles. The summed E-state index contributed by atoms with van der Waals surface area (Å²) in [4.78, 5) is 2.73. The zero-order valence-electron chi connectivity index (χ0n) is 36.6. The van der Waals surface area contributed by atoms with Crippen LogP contribution in [0.2, 0.25) is 0 Å². The van der Waals surface area contributed by atoms with Crippen LogP contribution in [0.15, 0.2) is 145 Å². The van der Waals surface area contributed by atoms with Crippen molar-refractivity contribution in [1.82, 2.24) is 4.57 Å².